The van der Waals surface area contributed by atoms with Gasteiger partial charge in [-0.3, -0.25) is 9.10 Å². The standard InChI is InChI=1S/C31H28Cl2N2O7S2/c1-4-35(44(38,39)23-9-11-26-24(16-23)19(3)29(42-26)31(37)40-5-2)25-10-8-21(32)15-20(25)17-34(18-22-7-6-14-41-22)30(36)27-12-13-28(33)43-27/h6-16H,4-5,17-18H2,1-3H3. The van der Waals surface area contributed by atoms with E-state index in [4.69, 9.17) is 36.8 Å². The van der Waals surface area contributed by atoms with Crippen LogP contribution in [0.25, 0.3) is 11.0 Å². The summed E-state index contributed by atoms with van der Waals surface area (Å²) < 4.78 is 46.3. The number of amides is 1. The summed E-state index contributed by atoms with van der Waals surface area (Å²) in [5.74, 6) is -0.342. The SMILES string of the molecule is CCOC(=O)c1oc2ccc(S(=O)(=O)N(CC)c3ccc(Cl)cc3CN(Cc3ccco3)C(=O)c3ccc(Cl)s3)cc2c1C. The molecular formula is C31H28Cl2N2O7S2. The van der Waals surface area contributed by atoms with Gasteiger partial charge in [0.1, 0.15) is 11.3 Å². The number of sulfonamides is 1. The van der Waals surface area contributed by atoms with Crippen molar-refractivity contribution in [1.82, 2.24) is 4.90 Å². The third-order valence-corrected chi connectivity index (χ3v) is 10.3. The van der Waals surface area contributed by atoms with E-state index < -0.39 is 16.0 Å². The maximum absolute atomic E-state index is 14.2. The Morgan fingerprint density at radius 1 is 1.00 bits per heavy atom. The van der Waals surface area contributed by atoms with Gasteiger partial charge in [-0.25, -0.2) is 13.2 Å². The molecule has 0 fully saturated rings. The predicted octanol–water partition coefficient (Wildman–Crippen LogP) is 7.94. The van der Waals surface area contributed by atoms with Crippen molar-refractivity contribution in [3.8, 4) is 0 Å². The first-order valence-corrected chi connectivity index (χ1v) is 16.6. The van der Waals surface area contributed by atoms with Gasteiger partial charge in [0.05, 0.1) is 39.2 Å². The number of carbonyl (C=O) groups is 2. The van der Waals surface area contributed by atoms with E-state index in [0.717, 1.165) is 11.3 Å². The van der Waals surface area contributed by atoms with Crippen LogP contribution in [0.1, 0.15) is 51.0 Å². The van der Waals surface area contributed by atoms with E-state index in [9.17, 15) is 18.0 Å². The van der Waals surface area contributed by atoms with Crippen molar-refractivity contribution in [3.63, 3.8) is 0 Å². The second kappa shape index (κ2) is 13.1. The van der Waals surface area contributed by atoms with Gasteiger partial charge in [-0.05, 0) is 87.0 Å². The molecule has 0 spiro atoms. The van der Waals surface area contributed by atoms with E-state index >= 15 is 0 Å². The predicted molar refractivity (Wildman–Crippen MR) is 170 cm³/mol. The Labute approximate surface area is 268 Å². The van der Waals surface area contributed by atoms with E-state index in [0.29, 0.717) is 47.8 Å². The number of ether oxygens (including phenoxy) is 1. The van der Waals surface area contributed by atoms with E-state index in [-0.39, 0.29) is 42.8 Å². The van der Waals surface area contributed by atoms with Crippen LogP contribution in [-0.4, -0.2) is 38.3 Å². The molecule has 1 amide bonds. The number of benzene rings is 2. The molecule has 230 valence electrons. The van der Waals surface area contributed by atoms with E-state index in [1.807, 2.05) is 0 Å². The van der Waals surface area contributed by atoms with Crippen molar-refractivity contribution in [2.24, 2.45) is 0 Å². The van der Waals surface area contributed by atoms with E-state index in [1.165, 1.54) is 28.8 Å². The van der Waals surface area contributed by atoms with E-state index in [1.54, 1.807) is 68.1 Å². The summed E-state index contributed by atoms with van der Waals surface area (Å²) in [4.78, 5) is 28.0. The summed E-state index contributed by atoms with van der Waals surface area (Å²) >= 11 is 13.7. The molecule has 0 radical (unpaired) electrons. The summed E-state index contributed by atoms with van der Waals surface area (Å²) in [7, 11) is -4.13. The van der Waals surface area contributed by atoms with Crippen LogP contribution in [0.5, 0.6) is 0 Å². The number of furan rings is 2. The Hall–Kier alpha value is -3.77. The number of aryl methyl sites for hydroxylation is 1. The summed E-state index contributed by atoms with van der Waals surface area (Å²) in [6.45, 7) is 5.50. The highest BCUT2D eigenvalue weighted by molar-refractivity contribution is 7.92. The van der Waals surface area contributed by atoms with Crippen molar-refractivity contribution in [1.29, 1.82) is 0 Å². The molecule has 13 heteroatoms. The lowest BCUT2D eigenvalue weighted by atomic mass is 10.1. The van der Waals surface area contributed by atoms with Crippen molar-refractivity contribution in [2.45, 2.75) is 38.8 Å². The van der Waals surface area contributed by atoms with Gasteiger partial charge >= 0.3 is 5.97 Å². The maximum Gasteiger partial charge on any atom is 0.374 e. The number of halogens is 2. The zero-order valence-electron chi connectivity index (χ0n) is 24.0. The first-order chi connectivity index (χ1) is 21.0. The van der Waals surface area contributed by atoms with Crippen LogP contribution in [0.15, 0.2) is 80.7 Å². The lowest BCUT2D eigenvalue weighted by molar-refractivity contribution is 0.0491. The molecule has 5 rings (SSSR count). The smallest absolute Gasteiger partial charge is 0.374 e. The number of thiophene rings is 1. The molecule has 3 aromatic heterocycles. The van der Waals surface area contributed by atoms with E-state index in [2.05, 4.69) is 0 Å². The largest absolute Gasteiger partial charge is 0.467 e. The van der Waals surface area contributed by atoms with Crippen molar-refractivity contribution >= 4 is 73.1 Å². The van der Waals surface area contributed by atoms with Crippen LogP contribution in [0.2, 0.25) is 9.36 Å². The van der Waals surface area contributed by atoms with Gasteiger partial charge in [-0.15, -0.1) is 11.3 Å². The lowest BCUT2D eigenvalue weighted by Crippen LogP contribution is -2.34. The minimum atomic E-state index is -4.13. The van der Waals surface area contributed by atoms with Crippen LogP contribution >= 0.6 is 34.5 Å². The number of hydrogen-bond acceptors (Lipinski definition) is 8. The van der Waals surface area contributed by atoms with Crippen LogP contribution < -0.4 is 4.31 Å². The van der Waals surface area contributed by atoms with Gasteiger partial charge in [0.2, 0.25) is 5.76 Å². The average molecular weight is 676 g/mol. The first kappa shape index (κ1) is 31.6. The van der Waals surface area contributed by atoms with Gasteiger partial charge in [-0.2, -0.15) is 0 Å². The number of carbonyl (C=O) groups excluding carboxylic acids is 2. The van der Waals surface area contributed by atoms with Crippen molar-refractivity contribution in [3.05, 3.63) is 104 Å². The second-order valence-corrected chi connectivity index (χ2v) is 13.7. The Morgan fingerprint density at radius 2 is 1.80 bits per heavy atom. The number of fused-ring (bicyclic) bond motifs is 1. The van der Waals surface area contributed by atoms with Gasteiger partial charge in [-0.1, -0.05) is 23.2 Å². The Bertz CT molecular complexity index is 1930. The molecule has 0 bridgehead atoms. The summed E-state index contributed by atoms with van der Waals surface area (Å²) in [5.41, 5.74) is 1.71. The molecule has 0 aliphatic rings. The molecule has 0 atom stereocenters. The fraction of sp³-hybridized carbons (Fsp3) is 0.226. The topological polar surface area (TPSA) is 110 Å². The van der Waals surface area contributed by atoms with Crippen molar-refractivity contribution < 1.29 is 31.6 Å². The minimum absolute atomic E-state index is 0.00352. The summed E-state index contributed by atoms with van der Waals surface area (Å²) in [6.07, 6.45) is 1.52. The van der Waals surface area contributed by atoms with Crippen LogP contribution in [-0.2, 0) is 27.8 Å². The van der Waals surface area contributed by atoms with Gasteiger partial charge in [0.15, 0.2) is 0 Å². The molecule has 0 saturated carbocycles. The monoisotopic (exact) mass is 674 g/mol. The van der Waals surface area contributed by atoms with Crippen molar-refractivity contribution in [2.75, 3.05) is 17.5 Å². The molecular weight excluding hydrogens is 647 g/mol. The third kappa shape index (κ3) is 6.37. The first-order valence-electron chi connectivity index (χ1n) is 13.6. The fourth-order valence-corrected chi connectivity index (χ4v) is 7.60. The zero-order valence-corrected chi connectivity index (χ0v) is 27.1. The minimum Gasteiger partial charge on any atom is -0.467 e. The highest BCUT2D eigenvalue weighted by Gasteiger charge is 2.29. The average Bonchev–Trinajstić information content (AvgIpc) is 3.74. The molecule has 9 nitrogen and oxygen atoms in total. The lowest BCUT2D eigenvalue weighted by Gasteiger charge is -2.28. The quantitative estimate of drug-likeness (QED) is 0.131. The highest BCUT2D eigenvalue weighted by Crippen LogP contribution is 2.34. The number of hydrogen-bond donors (Lipinski definition) is 0. The number of esters is 1. The van der Waals surface area contributed by atoms with Crippen LogP contribution in [0, 0.1) is 6.92 Å². The normalized spacial score (nSPS) is 11.6. The molecule has 0 aliphatic heterocycles. The van der Waals surface area contributed by atoms with Gasteiger partial charge in [0, 0.05) is 29.1 Å². The zero-order chi connectivity index (χ0) is 31.6. The molecule has 2 aromatic carbocycles. The van der Waals surface area contributed by atoms with Gasteiger partial charge in [0.25, 0.3) is 15.9 Å². The molecule has 0 unspecified atom stereocenters. The molecule has 5 aromatic rings. The number of anilines is 1. The number of nitrogens with zero attached hydrogens (tertiary/aromatic N) is 2. The third-order valence-electron chi connectivity index (χ3n) is 6.91. The molecule has 3 heterocycles. The van der Waals surface area contributed by atoms with Crippen LogP contribution in [0.3, 0.4) is 0 Å². The molecule has 44 heavy (non-hydrogen) atoms. The van der Waals surface area contributed by atoms with Crippen LogP contribution in [0.4, 0.5) is 5.69 Å². The Balaban J connectivity index is 1.54. The summed E-state index contributed by atoms with van der Waals surface area (Å²) in [6, 6.07) is 16.1. The molecule has 0 saturated heterocycles. The molecule has 0 aliphatic carbocycles. The Morgan fingerprint density at radius 3 is 2.45 bits per heavy atom. The maximum atomic E-state index is 14.2. The van der Waals surface area contributed by atoms with Gasteiger partial charge < -0.3 is 18.5 Å². The summed E-state index contributed by atoms with van der Waals surface area (Å²) in [5, 5.41) is 0.857. The highest BCUT2D eigenvalue weighted by atomic mass is 35.5. The second-order valence-electron chi connectivity index (χ2n) is 9.72. The number of rotatable bonds is 11. The fourth-order valence-electron chi connectivity index (χ4n) is 4.85. The molecule has 0 N–H and O–H groups in total. The Kier molecular flexibility index (Phi) is 9.40.